The second-order valence-electron chi connectivity index (χ2n) is 4.19. The zero-order valence-corrected chi connectivity index (χ0v) is 10.6. The van der Waals surface area contributed by atoms with Gasteiger partial charge in [0.05, 0.1) is 12.7 Å². The summed E-state index contributed by atoms with van der Waals surface area (Å²) in [5.74, 6) is 0.791. The number of aromatic nitrogens is 1. The summed E-state index contributed by atoms with van der Waals surface area (Å²) in [5.41, 5.74) is 6.83. The molecule has 1 heterocycles. The number of nitrogens with two attached hydrogens (primary N) is 1. The molecule has 2 amide bonds. The van der Waals surface area contributed by atoms with E-state index in [0.717, 1.165) is 11.3 Å². The second-order valence-corrected chi connectivity index (χ2v) is 4.19. The Morgan fingerprint density at radius 2 is 2.11 bits per heavy atom. The average Bonchev–Trinajstić information content (AvgIpc) is 2.89. The molecule has 0 radical (unpaired) electrons. The fourth-order valence-corrected chi connectivity index (χ4v) is 1.70. The smallest absolute Gasteiger partial charge is 0.316 e. The van der Waals surface area contributed by atoms with Crippen LogP contribution in [0.3, 0.4) is 0 Å². The first kappa shape index (κ1) is 13.1. The predicted molar refractivity (Wildman–Crippen MR) is 71.4 cm³/mol. The molecule has 1 aromatic heterocycles. The standard InChI is InChI=1S/C13H16N4O2/c1-9(15-8-12-6-7-16-19-12)10-2-4-11(5-3-10)17-13(14)18/h2-7,9,15H,8H2,1H3,(H3,14,17,18). The lowest BCUT2D eigenvalue weighted by Crippen LogP contribution is -2.20. The zero-order valence-electron chi connectivity index (χ0n) is 10.6. The van der Waals surface area contributed by atoms with Gasteiger partial charge in [0, 0.05) is 17.8 Å². The summed E-state index contributed by atoms with van der Waals surface area (Å²) < 4.78 is 5.01. The van der Waals surface area contributed by atoms with Crippen LogP contribution in [-0.2, 0) is 6.54 Å². The largest absolute Gasteiger partial charge is 0.360 e. The van der Waals surface area contributed by atoms with Crippen molar-refractivity contribution in [3.63, 3.8) is 0 Å². The molecule has 2 rings (SSSR count). The fourth-order valence-electron chi connectivity index (χ4n) is 1.70. The highest BCUT2D eigenvalue weighted by atomic mass is 16.5. The Morgan fingerprint density at radius 1 is 1.37 bits per heavy atom. The lowest BCUT2D eigenvalue weighted by atomic mass is 10.1. The van der Waals surface area contributed by atoms with Gasteiger partial charge in [0.15, 0.2) is 0 Å². The number of benzene rings is 1. The molecule has 2 aromatic rings. The van der Waals surface area contributed by atoms with Crippen molar-refractivity contribution in [1.29, 1.82) is 0 Å². The second kappa shape index (κ2) is 6.01. The van der Waals surface area contributed by atoms with Gasteiger partial charge in [-0.25, -0.2) is 4.79 Å². The molecule has 0 fully saturated rings. The number of carbonyl (C=O) groups is 1. The van der Waals surface area contributed by atoms with Crippen molar-refractivity contribution in [2.45, 2.75) is 19.5 Å². The number of hydrogen-bond acceptors (Lipinski definition) is 4. The molecule has 4 N–H and O–H groups in total. The van der Waals surface area contributed by atoms with Crippen LogP contribution in [0.25, 0.3) is 0 Å². The molecule has 6 nitrogen and oxygen atoms in total. The fraction of sp³-hybridized carbons (Fsp3) is 0.231. The SMILES string of the molecule is CC(NCc1ccno1)c1ccc(NC(N)=O)cc1. The maximum atomic E-state index is 10.7. The molecule has 0 aliphatic rings. The van der Waals surface area contributed by atoms with Crippen LogP contribution in [0.5, 0.6) is 0 Å². The number of nitrogens with zero attached hydrogens (tertiary/aromatic N) is 1. The number of amides is 2. The van der Waals surface area contributed by atoms with Gasteiger partial charge in [-0.2, -0.15) is 0 Å². The third-order valence-corrected chi connectivity index (χ3v) is 2.75. The van der Waals surface area contributed by atoms with Crippen molar-refractivity contribution in [1.82, 2.24) is 10.5 Å². The van der Waals surface area contributed by atoms with Gasteiger partial charge in [-0.3, -0.25) is 0 Å². The number of rotatable bonds is 5. The monoisotopic (exact) mass is 260 g/mol. The van der Waals surface area contributed by atoms with Gasteiger partial charge in [0.2, 0.25) is 0 Å². The van der Waals surface area contributed by atoms with Crippen LogP contribution in [-0.4, -0.2) is 11.2 Å². The molecule has 1 atom stereocenters. The Hall–Kier alpha value is -2.34. The van der Waals surface area contributed by atoms with E-state index in [0.29, 0.717) is 12.2 Å². The van der Waals surface area contributed by atoms with E-state index >= 15 is 0 Å². The molecule has 0 bridgehead atoms. The summed E-state index contributed by atoms with van der Waals surface area (Å²) in [6.07, 6.45) is 1.62. The number of nitrogens with one attached hydrogen (secondary N) is 2. The molecular weight excluding hydrogens is 244 g/mol. The lowest BCUT2D eigenvalue weighted by Gasteiger charge is -2.13. The molecular formula is C13H16N4O2. The first-order chi connectivity index (χ1) is 9.15. The number of urea groups is 1. The van der Waals surface area contributed by atoms with Gasteiger partial charge in [0.25, 0.3) is 0 Å². The quantitative estimate of drug-likeness (QED) is 0.766. The molecule has 19 heavy (non-hydrogen) atoms. The molecule has 0 saturated carbocycles. The van der Waals surface area contributed by atoms with Gasteiger partial charge >= 0.3 is 6.03 Å². The maximum Gasteiger partial charge on any atom is 0.316 e. The highest BCUT2D eigenvalue weighted by molar-refractivity contribution is 5.87. The van der Waals surface area contributed by atoms with Gasteiger partial charge < -0.3 is 20.9 Å². The van der Waals surface area contributed by atoms with Crippen LogP contribution in [0.2, 0.25) is 0 Å². The molecule has 0 spiro atoms. The van der Waals surface area contributed by atoms with E-state index in [1.165, 1.54) is 0 Å². The Kier molecular flexibility index (Phi) is 4.15. The van der Waals surface area contributed by atoms with Gasteiger partial charge in [0.1, 0.15) is 5.76 Å². The summed E-state index contributed by atoms with van der Waals surface area (Å²) in [7, 11) is 0. The third kappa shape index (κ3) is 3.82. The van der Waals surface area contributed by atoms with Gasteiger partial charge in [-0.05, 0) is 24.6 Å². The van der Waals surface area contributed by atoms with E-state index in [9.17, 15) is 4.79 Å². The molecule has 0 aliphatic carbocycles. The number of carbonyl (C=O) groups excluding carboxylic acids is 1. The van der Waals surface area contributed by atoms with E-state index in [4.69, 9.17) is 10.3 Å². The van der Waals surface area contributed by atoms with Crippen LogP contribution in [0.4, 0.5) is 10.5 Å². The van der Waals surface area contributed by atoms with Crippen molar-refractivity contribution in [2.24, 2.45) is 5.73 Å². The minimum atomic E-state index is -0.566. The molecule has 1 aromatic carbocycles. The number of anilines is 1. The minimum absolute atomic E-state index is 0.160. The first-order valence-corrected chi connectivity index (χ1v) is 5.94. The molecule has 0 aliphatic heterocycles. The molecule has 0 saturated heterocycles. The van der Waals surface area contributed by atoms with Crippen LogP contribution >= 0.6 is 0 Å². The average molecular weight is 260 g/mol. The van der Waals surface area contributed by atoms with E-state index in [1.54, 1.807) is 6.20 Å². The minimum Gasteiger partial charge on any atom is -0.360 e. The van der Waals surface area contributed by atoms with Crippen molar-refractivity contribution in [3.8, 4) is 0 Å². The highest BCUT2D eigenvalue weighted by Gasteiger charge is 2.06. The third-order valence-electron chi connectivity index (χ3n) is 2.75. The maximum absolute atomic E-state index is 10.7. The summed E-state index contributed by atoms with van der Waals surface area (Å²) in [6, 6.07) is 8.91. The Morgan fingerprint density at radius 3 is 2.68 bits per heavy atom. The van der Waals surface area contributed by atoms with Gasteiger partial charge in [-0.15, -0.1) is 0 Å². The summed E-state index contributed by atoms with van der Waals surface area (Å²) in [6.45, 7) is 2.66. The van der Waals surface area contributed by atoms with E-state index in [2.05, 4.69) is 15.8 Å². The Labute approximate surface area is 111 Å². The van der Waals surface area contributed by atoms with E-state index in [-0.39, 0.29) is 6.04 Å². The molecule has 1 unspecified atom stereocenters. The van der Waals surface area contributed by atoms with Crippen molar-refractivity contribution >= 4 is 11.7 Å². The van der Waals surface area contributed by atoms with Crippen molar-refractivity contribution in [3.05, 3.63) is 47.9 Å². The lowest BCUT2D eigenvalue weighted by molar-refractivity contribution is 0.259. The van der Waals surface area contributed by atoms with E-state index < -0.39 is 6.03 Å². The van der Waals surface area contributed by atoms with Crippen LogP contribution in [0, 0.1) is 0 Å². The molecule has 6 heteroatoms. The summed E-state index contributed by atoms with van der Waals surface area (Å²) in [4.78, 5) is 10.7. The van der Waals surface area contributed by atoms with Crippen LogP contribution in [0.1, 0.15) is 24.3 Å². The predicted octanol–water partition coefficient (Wildman–Crippen LogP) is 2.02. The summed E-state index contributed by atoms with van der Waals surface area (Å²) >= 11 is 0. The Bertz CT molecular complexity index is 522. The summed E-state index contributed by atoms with van der Waals surface area (Å²) in [5, 5.41) is 9.48. The van der Waals surface area contributed by atoms with E-state index in [1.807, 2.05) is 37.3 Å². The number of primary amides is 1. The molecule has 100 valence electrons. The van der Waals surface area contributed by atoms with Crippen LogP contribution < -0.4 is 16.4 Å². The van der Waals surface area contributed by atoms with Crippen LogP contribution in [0.15, 0.2) is 41.1 Å². The zero-order chi connectivity index (χ0) is 13.7. The highest BCUT2D eigenvalue weighted by Crippen LogP contribution is 2.16. The van der Waals surface area contributed by atoms with Crippen molar-refractivity contribution in [2.75, 3.05) is 5.32 Å². The van der Waals surface area contributed by atoms with Gasteiger partial charge in [-0.1, -0.05) is 17.3 Å². The normalized spacial score (nSPS) is 12.1. The first-order valence-electron chi connectivity index (χ1n) is 5.94. The number of hydrogen-bond donors (Lipinski definition) is 3. The topological polar surface area (TPSA) is 93.2 Å². The Balaban J connectivity index is 1.91. The van der Waals surface area contributed by atoms with Crippen molar-refractivity contribution < 1.29 is 9.32 Å².